The fourth-order valence-electron chi connectivity index (χ4n) is 2.65. The van der Waals surface area contributed by atoms with E-state index in [0.29, 0.717) is 6.54 Å². The van der Waals surface area contributed by atoms with Gasteiger partial charge in [0, 0.05) is 19.1 Å². The molecule has 104 valence electrons. The molecule has 0 bridgehead atoms. The Hall–Kier alpha value is -1.42. The molecule has 1 aromatic rings. The van der Waals surface area contributed by atoms with Crippen molar-refractivity contribution in [1.29, 1.82) is 0 Å². The molecule has 0 radical (unpaired) electrons. The summed E-state index contributed by atoms with van der Waals surface area (Å²) >= 11 is 0. The number of nitrogens with zero attached hydrogens (tertiary/aromatic N) is 2. The second-order valence-corrected chi connectivity index (χ2v) is 5.16. The van der Waals surface area contributed by atoms with E-state index in [9.17, 15) is 9.18 Å². The van der Waals surface area contributed by atoms with Gasteiger partial charge in [0.05, 0.1) is 5.56 Å². The van der Waals surface area contributed by atoms with E-state index < -0.39 is 5.82 Å². The van der Waals surface area contributed by atoms with Crippen molar-refractivity contribution in [1.82, 2.24) is 9.80 Å². The number of halogens is 1. The van der Waals surface area contributed by atoms with Gasteiger partial charge >= 0.3 is 0 Å². The highest BCUT2D eigenvalue weighted by Gasteiger charge is 2.27. The molecule has 1 aliphatic rings. The molecule has 3 nitrogen and oxygen atoms in total. The van der Waals surface area contributed by atoms with Crippen LogP contribution in [0.15, 0.2) is 24.3 Å². The Balaban J connectivity index is 2.23. The molecule has 0 spiro atoms. The van der Waals surface area contributed by atoms with Crippen molar-refractivity contribution >= 4 is 5.91 Å². The van der Waals surface area contributed by atoms with Gasteiger partial charge < -0.3 is 9.80 Å². The number of benzene rings is 1. The highest BCUT2D eigenvalue weighted by atomic mass is 19.1. The van der Waals surface area contributed by atoms with Gasteiger partial charge in [-0.2, -0.15) is 0 Å². The largest absolute Gasteiger partial charge is 0.334 e. The molecule has 1 unspecified atom stereocenters. The molecular formula is C15H21FN2O. The molecule has 0 aliphatic carbocycles. The SMILES string of the molecule is CCC1CN(C)CCCN1C(=O)c1ccccc1F. The molecule has 1 saturated heterocycles. The molecule has 1 atom stereocenters. The minimum atomic E-state index is -0.431. The van der Waals surface area contributed by atoms with Gasteiger partial charge in [-0.3, -0.25) is 4.79 Å². The van der Waals surface area contributed by atoms with Crippen LogP contribution in [0.3, 0.4) is 0 Å². The zero-order valence-corrected chi connectivity index (χ0v) is 11.6. The minimum Gasteiger partial charge on any atom is -0.334 e. The normalized spacial score (nSPS) is 21.2. The molecule has 1 amide bonds. The van der Waals surface area contributed by atoms with Crippen LogP contribution < -0.4 is 0 Å². The fraction of sp³-hybridized carbons (Fsp3) is 0.533. The lowest BCUT2D eigenvalue weighted by Crippen LogP contribution is -2.43. The summed E-state index contributed by atoms with van der Waals surface area (Å²) in [6.45, 7) is 4.62. The molecular weight excluding hydrogens is 243 g/mol. The molecule has 1 aromatic carbocycles. The van der Waals surface area contributed by atoms with Crippen molar-refractivity contribution in [3.8, 4) is 0 Å². The summed E-state index contributed by atoms with van der Waals surface area (Å²) in [5.74, 6) is -0.611. The van der Waals surface area contributed by atoms with Gasteiger partial charge in [0.25, 0.3) is 5.91 Å². The first-order valence-electron chi connectivity index (χ1n) is 6.87. The molecule has 0 saturated carbocycles. The van der Waals surface area contributed by atoms with E-state index in [-0.39, 0.29) is 17.5 Å². The smallest absolute Gasteiger partial charge is 0.257 e. The zero-order valence-electron chi connectivity index (χ0n) is 11.6. The number of amides is 1. The molecule has 0 N–H and O–H groups in total. The van der Waals surface area contributed by atoms with Gasteiger partial charge in [0.2, 0.25) is 0 Å². The third-order valence-electron chi connectivity index (χ3n) is 3.74. The Morgan fingerprint density at radius 2 is 2.11 bits per heavy atom. The summed E-state index contributed by atoms with van der Waals surface area (Å²) in [6, 6.07) is 6.40. The van der Waals surface area contributed by atoms with Crippen LogP contribution in [0.25, 0.3) is 0 Å². The van der Waals surface area contributed by atoms with Crippen molar-refractivity contribution in [2.45, 2.75) is 25.8 Å². The fourth-order valence-corrected chi connectivity index (χ4v) is 2.65. The molecule has 1 fully saturated rings. The lowest BCUT2D eigenvalue weighted by atomic mass is 10.1. The Labute approximate surface area is 114 Å². The van der Waals surface area contributed by atoms with Gasteiger partial charge in [-0.25, -0.2) is 4.39 Å². The Morgan fingerprint density at radius 1 is 1.37 bits per heavy atom. The van der Waals surface area contributed by atoms with Crippen LogP contribution in [0.4, 0.5) is 4.39 Å². The van der Waals surface area contributed by atoms with Crippen molar-refractivity contribution in [3.05, 3.63) is 35.6 Å². The highest BCUT2D eigenvalue weighted by Crippen LogP contribution is 2.17. The highest BCUT2D eigenvalue weighted by molar-refractivity contribution is 5.94. The second kappa shape index (κ2) is 6.15. The Bertz CT molecular complexity index is 450. The molecule has 19 heavy (non-hydrogen) atoms. The number of carbonyl (C=O) groups excluding carboxylic acids is 1. The van der Waals surface area contributed by atoms with Crippen molar-refractivity contribution in [2.75, 3.05) is 26.7 Å². The van der Waals surface area contributed by atoms with Gasteiger partial charge in [0.15, 0.2) is 0 Å². The summed E-state index contributed by atoms with van der Waals surface area (Å²) in [5.41, 5.74) is 0.186. The van der Waals surface area contributed by atoms with E-state index in [2.05, 4.69) is 18.9 Å². The van der Waals surface area contributed by atoms with E-state index in [1.807, 2.05) is 4.90 Å². The maximum atomic E-state index is 13.7. The van der Waals surface area contributed by atoms with E-state index in [0.717, 1.165) is 25.9 Å². The number of hydrogen-bond donors (Lipinski definition) is 0. The average Bonchev–Trinajstić information content (AvgIpc) is 2.60. The Kier molecular flexibility index (Phi) is 4.53. The first-order valence-corrected chi connectivity index (χ1v) is 6.87. The van der Waals surface area contributed by atoms with Crippen molar-refractivity contribution in [3.63, 3.8) is 0 Å². The van der Waals surface area contributed by atoms with Crippen molar-refractivity contribution < 1.29 is 9.18 Å². The number of hydrogen-bond acceptors (Lipinski definition) is 2. The third-order valence-corrected chi connectivity index (χ3v) is 3.74. The van der Waals surface area contributed by atoms with Crippen LogP contribution in [0, 0.1) is 5.82 Å². The van der Waals surface area contributed by atoms with Crippen LogP contribution >= 0.6 is 0 Å². The van der Waals surface area contributed by atoms with Gasteiger partial charge in [-0.1, -0.05) is 19.1 Å². The van der Waals surface area contributed by atoms with Crippen molar-refractivity contribution in [2.24, 2.45) is 0 Å². The minimum absolute atomic E-state index is 0.166. The van der Waals surface area contributed by atoms with E-state index in [1.54, 1.807) is 18.2 Å². The quantitative estimate of drug-likeness (QED) is 0.819. The first-order chi connectivity index (χ1) is 9.13. The topological polar surface area (TPSA) is 23.6 Å². The predicted octanol–water partition coefficient (Wildman–Crippen LogP) is 2.38. The number of rotatable bonds is 2. The van der Waals surface area contributed by atoms with Crippen LogP contribution in [0.1, 0.15) is 30.1 Å². The third kappa shape index (κ3) is 3.13. The lowest BCUT2D eigenvalue weighted by molar-refractivity contribution is 0.0671. The summed E-state index contributed by atoms with van der Waals surface area (Å²) in [6.07, 6.45) is 1.83. The summed E-state index contributed by atoms with van der Waals surface area (Å²) in [4.78, 5) is 16.6. The van der Waals surface area contributed by atoms with Crippen LogP contribution in [-0.2, 0) is 0 Å². The number of likely N-dealkylation sites (N-methyl/N-ethyl adjacent to an activating group) is 1. The predicted molar refractivity (Wildman–Crippen MR) is 73.6 cm³/mol. The van der Waals surface area contributed by atoms with Crippen LogP contribution in [-0.4, -0.2) is 48.4 Å². The molecule has 2 rings (SSSR count). The standard InChI is InChI=1S/C15H21FN2O/c1-3-12-11-17(2)9-6-10-18(12)15(19)13-7-4-5-8-14(13)16/h4-5,7-8,12H,3,6,9-11H2,1-2H3. The molecule has 1 aliphatic heterocycles. The molecule has 0 aromatic heterocycles. The van der Waals surface area contributed by atoms with Crippen LogP contribution in [0.2, 0.25) is 0 Å². The van der Waals surface area contributed by atoms with Gasteiger partial charge in [0.1, 0.15) is 5.82 Å². The summed E-state index contributed by atoms with van der Waals surface area (Å²) in [7, 11) is 2.07. The summed E-state index contributed by atoms with van der Waals surface area (Å²) < 4.78 is 13.7. The monoisotopic (exact) mass is 264 g/mol. The second-order valence-electron chi connectivity index (χ2n) is 5.16. The molecule has 1 heterocycles. The van der Waals surface area contributed by atoms with Crippen LogP contribution in [0.5, 0.6) is 0 Å². The number of carbonyl (C=O) groups is 1. The van der Waals surface area contributed by atoms with E-state index in [1.165, 1.54) is 6.07 Å². The first kappa shape index (κ1) is 14.0. The van der Waals surface area contributed by atoms with E-state index in [4.69, 9.17) is 0 Å². The zero-order chi connectivity index (χ0) is 13.8. The van der Waals surface area contributed by atoms with Gasteiger partial charge in [-0.05, 0) is 38.6 Å². The maximum Gasteiger partial charge on any atom is 0.257 e. The Morgan fingerprint density at radius 3 is 2.79 bits per heavy atom. The van der Waals surface area contributed by atoms with E-state index >= 15 is 0 Å². The lowest BCUT2D eigenvalue weighted by Gasteiger charge is -2.30. The molecule has 4 heteroatoms. The summed E-state index contributed by atoms with van der Waals surface area (Å²) in [5, 5.41) is 0. The maximum absolute atomic E-state index is 13.7. The average molecular weight is 264 g/mol. The van der Waals surface area contributed by atoms with Gasteiger partial charge in [-0.15, -0.1) is 0 Å².